The Bertz CT molecular complexity index is 1290. The molecule has 5 rings (SSSR count). The van der Waals surface area contributed by atoms with E-state index in [9.17, 15) is 4.39 Å². The molecule has 166 valence electrons. The number of hydrogen-bond donors (Lipinski definition) is 1. The maximum atomic E-state index is 15.2. The van der Waals surface area contributed by atoms with Crippen LogP contribution in [0.25, 0.3) is 11.1 Å². The Morgan fingerprint density at radius 1 is 0.909 bits per heavy atom. The predicted molar refractivity (Wildman–Crippen MR) is 125 cm³/mol. The first-order valence-corrected chi connectivity index (χ1v) is 10.9. The lowest BCUT2D eigenvalue weighted by atomic mass is 10.00. The van der Waals surface area contributed by atoms with E-state index in [1.165, 1.54) is 18.5 Å². The van der Waals surface area contributed by atoms with E-state index in [1.54, 1.807) is 12.3 Å². The summed E-state index contributed by atoms with van der Waals surface area (Å²) in [6.45, 7) is 3.42. The summed E-state index contributed by atoms with van der Waals surface area (Å²) in [7, 11) is 0. The van der Waals surface area contributed by atoms with Gasteiger partial charge in [-0.1, -0.05) is 30.3 Å². The zero-order valence-corrected chi connectivity index (χ0v) is 18.2. The number of aromatic nitrogens is 3. The largest absolute Gasteiger partial charge is 0.363 e. The van der Waals surface area contributed by atoms with E-state index < -0.39 is 5.82 Å². The van der Waals surface area contributed by atoms with Crippen molar-refractivity contribution in [1.82, 2.24) is 15.0 Å². The van der Waals surface area contributed by atoms with Gasteiger partial charge in [-0.15, -0.1) is 0 Å². The number of benzene rings is 2. The van der Waals surface area contributed by atoms with Gasteiger partial charge in [-0.05, 0) is 65.4 Å². The highest BCUT2D eigenvalue weighted by Crippen LogP contribution is 2.28. The Morgan fingerprint density at radius 2 is 1.76 bits per heavy atom. The van der Waals surface area contributed by atoms with Crippen LogP contribution in [0.2, 0.25) is 0 Å². The van der Waals surface area contributed by atoms with Gasteiger partial charge in [0.05, 0.1) is 0 Å². The summed E-state index contributed by atoms with van der Waals surface area (Å²) in [5.74, 6) is -0.405. The van der Waals surface area contributed by atoms with E-state index >= 15 is 4.39 Å². The summed E-state index contributed by atoms with van der Waals surface area (Å²) in [6, 6.07) is 16.9. The average molecular weight is 444 g/mol. The molecule has 0 spiro atoms. The fourth-order valence-electron chi connectivity index (χ4n) is 4.14. The number of halogens is 2. The monoisotopic (exact) mass is 443 g/mol. The van der Waals surface area contributed by atoms with E-state index in [0.29, 0.717) is 26.1 Å². The molecular weight excluding hydrogens is 420 g/mol. The molecule has 0 saturated heterocycles. The topological polar surface area (TPSA) is 53.9 Å². The molecule has 3 heterocycles. The molecule has 0 bridgehead atoms. The lowest BCUT2D eigenvalue weighted by Crippen LogP contribution is -2.32. The molecular formula is C26H23F2N5. The van der Waals surface area contributed by atoms with Crippen molar-refractivity contribution in [2.24, 2.45) is 0 Å². The minimum atomic E-state index is -0.499. The molecule has 0 saturated carbocycles. The molecule has 0 radical (unpaired) electrons. The number of hydrogen-bond acceptors (Lipinski definition) is 5. The van der Waals surface area contributed by atoms with Gasteiger partial charge >= 0.3 is 0 Å². The number of anilines is 2. The summed E-state index contributed by atoms with van der Waals surface area (Å²) in [5, 5.41) is 3.08. The lowest BCUT2D eigenvalue weighted by Gasteiger charge is -2.30. The number of nitrogens with one attached hydrogen (secondary N) is 1. The number of aryl methyl sites for hydroxylation is 1. The Hall–Kier alpha value is -3.87. The first kappa shape index (κ1) is 21.0. The highest BCUT2D eigenvalue weighted by molar-refractivity contribution is 5.63. The Morgan fingerprint density at radius 3 is 2.58 bits per heavy atom. The maximum absolute atomic E-state index is 15.2. The molecule has 0 unspecified atom stereocenters. The molecule has 4 aromatic rings. The lowest BCUT2D eigenvalue weighted by molar-refractivity contribution is 0.592. The van der Waals surface area contributed by atoms with E-state index in [4.69, 9.17) is 0 Å². The standard InChI is InChI=1S/C26H23F2N5/c1-17-12-21(8-10-29-17)19-4-2-18(3-5-19)14-30-25-24(28)26(32-16-31-25)33-11-9-20-6-7-23(27)13-22(20)15-33/h2-8,10,12-13,16H,9,11,14-15H2,1H3,(H,30,31,32). The van der Waals surface area contributed by atoms with Crippen LogP contribution >= 0.6 is 0 Å². The van der Waals surface area contributed by atoms with E-state index in [0.717, 1.165) is 33.5 Å². The van der Waals surface area contributed by atoms with Crippen LogP contribution in [0.15, 0.2) is 67.1 Å². The first-order chi connectivity index (χ1) is 16.1. The van der Waals surface area contributed by atoms with Crippen LogP contribution in [0, 0.1) is 18.6 Å². The van der Waals surface area contributed by atoms with E-state index in [2.05, 4.69) is 20.3 Å². The van der Waals surface area contributed by atoms with Gasteiger partial charge in [-0.3, -0.25) is 4.98 Å². The second kappa shape index (κ2) is 8.94. The fraction of sp³-hybridized carbons (Fsp3) is 0.192. The molecule has 2 aromatic heterocycles. The van der Waals surface area contributed by atoms with Crippen molar-refractivity contribution in [2.75, 3.05) is 16.8 Å². The summed E-state index contributed by atoms with van der Waals surface area (Å²) in [4.78, 5) is 14.3. The number of nitrogens with zero attached hydrogens (tertiary/aromatic N) is 4. The van der Waals surface area contributed by atoms with Crippen LogP contribution in [0.1, 0.15) is 22.4 Å². The normalized spacial score (nSPS) is 13.0. The van der Waals surface area contributed by atoms with Gasteiger partial charge in [0, 0.05) is 31.5 Å². The summed E-state index contributed by atoms with van der Waals surface area (Å²) >= 11 is 0. The van der Waals surface area contributed by atoms with Crippen LogP contribution in [-0.4, -0.2) is 21.5 Å². The molecule has 1 aliphatic heterocycles. The van der Waals surface area contributed by atoms with Crippen molar-refractivity contribution < 1.29 is 8.78 Å². The van der Waals surface area contributed by atoms with Crippen molar-refractivity contribution in [2.45, 2.75) is 26.4 Å². The van der Waals surface area contributed by atoms with Crippen molar-refractivity contribution in [1.29, 1.82) is 0 Å². The molecule has 0 aliphatic carbocycles. The summed E-state index contributed by atoms with van der Waals surface area (Å²) in [6.07, 6.45) is 3.87. The molecule has 1 N–H and O–H groups in total. The molecule has 5 nitrogen and oxygen atoms in total. The van der Waals surface area contributed by atoms with Crippen molar-refractivity contribution in [3.63, 3.8) is 0 Å². The van der Waals surface area contributed by atoms with Gasteiger partial charge in [0.2, 0.25) is 5.82 Å². The summed E-state index contributed by atoms with van der Waals surface area (Å²) < 4.78 is 28.9. The Balaban J connectivity index is 1.29. The van der Waals surface area contributed by atoms with E-state index in [1.807, 2.05) is 48.2 Å². The van der Waals surface area contributed by atoms with Gasteiger partial charge in [-0.25, -0.2) is 14.4 Å². The molecule has 0 amide bonds. The van der Waals surface area contributed by atoms with Crippen LogP contribution < -0.4 is 10.2 Å². The number of pyridine rings is 1. The zero-order valence-electron chi connectivity index (χ0n) is 18.2. The van der Waals surface area contributed by atoms with Crippen LogP contribution in [0.4, 0.5) is 20.4 Å². The van der Waals surface area contributed by atoms with Crippen LogP contribution in [0.3, 0.4) is 0 Å². The van der Waals surface area contributed by atoms with Crippen LogP contribution in [0.5, 0.6) is 0 Å². The van der Waals surface area contributed by atoms with E-state index in [-0.39, 0.29) is 17.5 Å². The third-order valence-electron chi connectivity index (χ3n) is 5.90. The Kier molecular flexibility index (Phi) is 5.69. The molecule has 0 fully saturated rings. The second-order valence-corrected chi connectivity index (χ2v) is 8.18. The first-order valence-electron chi connectivity index (χ1n) is 10.9. The van der Waals surface area contributed by atoms with Crippen molar-refractivity contribution in [3.05, 3.63) is 101 Å². The number of fused-ring (bicyclic) bond motifs is 1. The van der Waals surface area contributed by atoms with Gasteiger partial charge in [0.1, 0.15) is 12.1 Å². The van der Waals surface area contributed by atoms with Crippen molar-refractivity contribution >= 4 is 11.6 Å². The molecule has 2 aromatic carbocycles. The molecule has 1 aliphatic rings. The van der Waals surface area contributed by atoms with Gasteiger partial charge < -0.3 is 10.2 Å². The van der Waals surface area contributed by atoms with Crippen LogP contribution in [-0.2, 0) is 19.5 Å². The highest BCUT2D eigenvalue weighted by Gasteiger charge is 2.22. The molecule has 33 heavy (non-hydrogen) atoms. The minimum Gasteiger partial charge on any atom is -0.363 e. The highest BCUT2D eigenvalue weighted by atomic mass is 19.1. The zero-order chi connectivity index (χ0) is 22.8. The average Bonchev–Trinajstić information content (AvgIpc) is 2.83. The van der Waals surface area contributed by atoms with Crippen molar-refractivity contribution in [3.8, 4) is 11.1 Å². The second-order valence-electron chi connectivity index (χ2n) is 8.18. The predicted octanol–water partition coefficient (Wildman–Crippen LogP) is 5.30. The quantitative estimate of drug-likeness (QED) is 0.454. The van der Waals surface area contributed by atoms with Gasteiger partial charge in [-0.2, -0.15) is 4.39 Å². The smallest absolute Gasteiger partial charge is 0.207 e. The van der Waals surface area contributed by atoms with Gasteiger partial charge in [0.15, 0.2) is 11.6 Å². The minimum absolute atomic E-state index is 0.152. The fourth-order valence-corrected chi connectivity index (χ4v) is 4.14. The molecule has 0 atom stereocenters. The maximum Gasteiger partial charge on any atom is 0.207 e. The molecule has 7 heteroatoms. The number of rotatable bonds is 5. The SMILES string of the molecule is Cc1cc(-c2ccc(CNc3ncnc(N4CCc5ccc(F)cc5C4)c3F)cc2)ccn1. The Labute approximate surface area is 191 Å². The summed E-state index contributed by atoms with van der Waals surface area (Å²) in [5.41, 5.74) is 6.13. The third-order valence-corrected chi connectivity index (χ3v) is 5.90. The third kappa shape index (κ3) is 4.53. The van der Waals surface area contributed by atoms with Gasteiger partial charge in [0.25, 0.3) is 0 Å².